The zero-order valence-electron chi connectivity index (χ0n) is 17.5. The molecule has 0 aliphatic carbocycles. The Morgan fingerprint density at radius 2 is 1.77 bits per heavy atom. The molecule has 0 aromatic heterocycles. The molecule has 5 heteroatoms. The molecule has 0 spiro atoms. The molecule has 0 saturated carbocycles. The Kier molecular flexibility index (Phi) is 11.5. The van der Waals surface area contributed by atoms with Crippen molar-refractivity contribution in [2.24, 2.45) is 11.8 Å². The predicted molar refractivity (Wildman–Crippen MR) is 108 cm³/mol. The molecule has 0 rings (SSSR count). The highest BCUT2D eigenvalue weighted by atomic mass is 16.3. The van der Waals surface area contributed by atoms with Crippen LogP contribution in [0, 0.1) is 17.2 Å². The summed E-state index contributed by atoms with van der Waals surface area (Å²) in [7, 11) is 0. The molecular weight excluding hydrogens is 328 g/mol. The van der Waals surface area contributed by atoms with E-state index in [0.29, 0.717) is 36.8 Å². The van der Waals surface area contributed by atoms with Gasteiger partial charge in [-0.25, -0.2) is 4.58 Å². The standard InChI is InChI=1S/C21H39N2O3/c1-8-14(4)18(11-15(5)22)12-17(9-2)20(25)13-19(16(6)24)23(7)21(26)10-3/h9,14,18-22,25-26H,7-8,10-13H2,1-6H3/q+1. The first kappa shape index (κ1) is 24.7. The monoisotopic (exact) mass is 367 g/mol. The van der Waals surface area contributed by atoms with Crippen molar-refractivity contribution < 1.29 is 19.6 Å². The van der Waals surface area contributed by atoms with Crippen LogP contribution in [0.5, 0.6) is 0 Å². The Morgan fingerprint density at radius 1 is 1.19 bits per heavy atom. The smallest absolute Gasteiger partial charge is 0.254 e. The van der Waals surface area contributed by atoms with E-state index in [-0.39, 0.29) is 12.2 Å². The van der Waals surface area contributed by atoms with Gasteiger partial charge in [0.2, 0.25) is 6.04 Å². The van der Waals surface area contributed by atoms with Gasteiger partial charge < -0.3 is 15.6 Å². The van der Waals surface area contributed by atoms with Crippen LogP contribution in [-0.4, -0.2) is 51.4 Å². The maximum Gasteiger partial charge on any atom is 0.254 e. The van der Waals surface area contributed by atoms with Crippen molar-refractivity contribution in [2.45, 2.75) is 92.0 Å². The van der Waals surface area contributed by atoms with Crippen molar-refractivity contribution in [3.05, 3.63) is 11.6 Å². The fourth-order valence-corrected chi connectivity index (χ4v) is 3.29. The molecular formula is C21H39N2O3+. The van der Waals surface area contributed by atoms with Gasteiger partial charge in [-0.1, -0.05) is 33.3 Å². The molecule has 0 amide bonds. The van der Waals surface area contributed by atoms with Crippen LogP contribution in [0.25, 0.3) is 0 Å². The van der Waals surface area contributed by atoms with Crippen LogP contribution < -0.4 is 0 Å². The van der Waals surface area contributed by atoms with E-state index in [9.17, 15) is 15.0 Å². The van der Waals surface area contributed by atoms with Crippen molar-refractivity contribution in [2.75, 3.05) is 0 Å². The normalized spacial score (nSPS) is 17.9. The van der Waals surface area contributed by atoms with Crippen LogP contribution in [0.1, 0.15) is 73.6 Å². The van der Waals surface area contributed by atoms with Gasteiger partial charge in [-0.3, -0.25) is 4.79 Å². The Bertz CT molecular complexity index is 513. The Labute approximate surface area is 159 Å². The highest BCUT2D eigenvalue weighted by Crippen LogP contribution is 2.29. The highest BCUT2D eigenvalue weighted by molar-refractivity contribution is 5.80. The zero-order chi connectivity index (χ0) is 20.4. The molecule has 0 saturated heterocycles. The van der Waals surface area contributed by atoms with Gasteiger partial charge in [0.25, 0.3) is 6.23 Å². The highest BCUT2D eigenvalue weighted by Gasteiger charge is 2.33. The number of hydrogen-bond donors (Lipinski definition) is 3. The SMILES string of the molecule is C=[N+](C(O)CC)C(CC(O)C(=CC)CC(CC(C)=N)C(C)CC)C(C)=O. The van der Waals surface area contributed by atoms with Crippen molar-refractivity contribution in [1.29, 1.82) is 5.41 Å². The molecule has 5 unspecified atom stereocenters. The molecule has 0 fully saturated rings. The Balaban J connectivity index is 5.26. The van der Waals surface area contributed by atoms with E-state index in [1.807, 2.05) is 26.8 Å². The maximum absolute atomic E-state index is 12.0. The minimum absolute atomic E-state index is 0.115. The molecule has 0 bridgehead atoms. The lowest BCUT2D eigenvalue weighted by Crippen LogP contribution is -2.41. The number of carbonyl (C=O) groups excluding carboxylic acids is 1. The van der Waals surface area contributed by atoms with Crippen molar-refractivity contribution in [3.8, 4) is 0 Å². The van der Waals surface area contributed by atoms with Crippen LogP contribution in [0.15, 0.2) is 11.6 Å². The molecule has 5 atom stereocenters. The molecule has 0 aliphatic heterocycles. The predicted octanol–water partition coefficient (Wildman–Crippen LogP) is 3.56. The van der Waals surface area contributed by atoms with Gasteiger partial charge in [0, 0.05) is 25.5 Å². The molecule has 0 heterocycles. The quantitative estimate of drug-likeness (QED) is 0.201. The lowest BCUT2D eigenvalue weighted by molar-refractivity contribution is -0.623. The second-order valence-electron chi connectivity index (χ2n) is 7.48. The van der Waals surface area contributed by atoms with Gasteiger partial charge in [-0.2, -0.15) is 0 Å². The minimum atomic E-state index is -0.807. The molecule has 26 heavy (non-hydrogen) atoms. The number of hydrogen-bond acceptors (Lipinski definition) is 4. The lowest BCUT2D eigenvalue weighted by atomic mass is 9.81. The number of aliphatic hydroxyl groups is 2. The van der Waals surface area contributed by atoms with Crippen LogP contribution in [0.2, 0.25) is 0 Å². The number of Topliss-reactive ketones (excluding diaryl/α,β-unsaturated/α-hetero) is 1. The summed E-state index contributed by atoms with van der Waals surface area (Å²) < 4.78 is 1.40. The fraction of sp³-hybridized carbons (Fsp3) is 0.762. The topological polar surface area (TPSA) is 84.4 Å². The van der Waals surface area contributed by atoms with Crippen LogP contribution in [0.4, 0.5) is 0 Å². The average molecular weight is 368 g/mol. The first-order valence-corrected chi connectivity index (χ1v) is 9.73. The molecule has 0 aromatic carbocycles. The van der Waals surface area contributed by atoms with E-state index < -0.39 is 18.4 Å². The number of allylic oxidation sites excluding steroid dienone is 1. The van der Waals surface area contributed by atoms with Crippen molar-refractivity contribution in [1.82, 2.24) is 0 Å². The van der Waals surface area contributed by atoms with Gasteiger partial charge in [0.15, 0.2) is 5.78 Å². The average Bonchev–Trinajstić information content (AvgIpc) is 2.60. The summed E-state index contributed by atoms with van der Waals surface area (Å²) in [4.78, 5) is 12.0. The third-order valence-corrected chi connectivity index (χ3v) is 5.38. The number of carbonyl (C=O) groups is 1. The van der Waals surface area contributed by atoms with Gasteiger partial charge in [0.1, 0.15) is 6.72 Å². The number of nitrogens with one attached hydrogen (secondary N) is 1. The summed E-state index contributed by atoms with van der Waals surface area (Å²) in [5.41, 5.74) is 1.54. The number of aliphatic hydroxyl groups excluding tert-OH is 2. The molecule has 5 nitrogen and oxygen atoms in total. The number of rotatable bonds is 13. The summed E-state index contributed by atoms with van der Waals surface area (Å²) >= 11 is 0. The van der Waals surface area contributed by atoms with Crippen molar-refractivity contribution in [3.63, 3.8) is 0 Å². The summed E-state index contributed by atoms with van der Waals surface area (Å²) in [5, 5.41) is 28.6. The van der Waals surface area contributed by atoms with Gasteiger partial charge >= 0.3 is 0 Å². The third-order valence-electron chi connectivity index (χ3n) is 5.38. The summed E-state index contributed by atoms with van der Waals surface area (Å²) in [5.74, 6) is 0.634. The second-order valence-corrected chi connectivity index (χ2v) is 7.48. The maximum atomic E-state index is 12.0. The summed E-state index contributed by atoms with van der Waals surface area (Å²) in [6.07, 6.45) is 3.47. The van der Waals surface area contributed by atoms with E-state index in [4.69, 9.17) is 5.41 Å². The third kappa shape index (κ3) is 7.92. The largest absolute Gasteiger partial charge is 0.388 e. The fourth-order valence-electron chi connectivity index (χ4n) is 3.29. The van der Waals surface area contributed by atoms with Crippen LogP contribution in [0.3, 0.4) is 0 Å². The Hall–Kier alpha value is -1.33. The van der Waals surface area contributed by atoms with E-state index in [0.717, 1.165) is 12.0 Å². The molecule has 0 aliphatic rings. The van der Waals surface area contributed by atoms with Crippen LogP contribution >= 0.6 is 0 Å². The molecule has 0 radical (unpaired) electrons. The van der Waals surface area contributed by atoms with E-state index in [1.54, 1.807) is 0 Å². The minimum Gasteiger partial charge on any atom is -0.388 e. The summed E-state index contributed by atoms with van der Waals surface area (Å²) in [6.45, 7) is 15.1. The molecule has 150 valence electrons. The number of nitrogens with zero attached hydrogens (tertiary/aromatic N) is 1. The van der Waals surface area contributed by atoms with Gasteiger partial charge in [0.05, 0.1) is 6.10 Å². The first-order chi connectivity index (χ1) is 12.1. The first-order valence-electron chi connectivity index (χ1n) is 9.73. The van der Waals surface area contributed by atoms with E-state index in [2.05, 4.69) is 20.6 Å². The second kappa shape index (κ2) is 12.1. The van der Waals surface area contributed by atoms with Gasteiger partial charge in [-0.15, -0.1) is 0 Å². The van der Waals surface area contributed by atoms with E-state index >= 15 is 0 Å². The molecule has 3 N–H and O–H groups in total. The Morgan fingerprint density at radius 3 is 2.15 bits per heavy atom. The number of ketones is 1. The van der Waals surface area contributed by atoms with Crippen molar-refractivity contribution >= 4 is 18.2 Å². The van der Waals surface area contributed by atoms with Gasteiger partial charge in [-0.05, 0) is 44.1 Å². The van der Waals surface area contributed by atoms with Crippen LogP contribution in [-0.2, 0) is 4.79 Å². The lowest BCUT2D eigenvalue weighted by Gasteiger charge is -2.27. The zero-order valence-corrected chi connectivity index (χ0v) is 17.5. The molecule has 0 aromatic rings. The van der Waals surface area contributed by atoms with E-state index in [1.165, 1.54) is 11.5 Å². The summed E-state index contributed by atoms with van der Waals surface area (Å²) in [6, 6.07) is -0.624.